The van der Waals surface area contributed by atoms with Crippen molar-refractivity contribution in [1.82, 2.24) is 0 Å². The Balaban J connectivity index is 2.75. The first-order valence-electron chi connectivity index (χ1n) is 5.93. The highest BCUT2D eigenvalue weighted by Crippen LogP contribution is 2.36. The maximum atomic E-state index is 12.0. The number of aliphatic carboxylic acids is 1. The summed E-state index contributed by atoms with van der Waals surface area (Å²) in [5, 5.41) is 8.94. The molecule has 1 fully saturated rings. The summed E-state index contributed by atoms with van der Waals surface area (Å²) in [4.78, 5) is 22.9. The smallest absolute Gasteiger partial charge is 0.321 e. The van der Waals surface area contributed by atoms with E-state index in [1.54, 1.807) is 20.8 Å². The summed E-state index contributed by atoms with van der Waals surface area (Å²) in [6, 6.07) is -1.17. The molecule has 1 saturated carbocycles. The van der Waals surface area contributed by atoms with E-state index in [2.05, 4.69) is 0 Å². The molecule has 0 radical (unpaired) electrons. The number of hydrogen-bond donors (Lipinski definition) is 2. The van der Waals surface area contributed by atoms with Crippen molar-refractivity contribution >= 4 is 11.9 Å². The van der Waals surface area contributed by atoms with Crippen LogP contribution in [0, 0.1) is 11.8 Å². The van der Waals surface area contributed by atoms with E-state index in [9.17, 15) is 9.59 Å². The third kappa shape index (κ3) is 3.70. The number of carboxylic acids is 1. The minimum atomic E-state index is -1.17. The van der Waals surface area contributed by atoms with Gasteiger partial charge in [-0.25, -0.2) is 0 Å². The number of carbonyl (C=O) groups is 2. The summed E-state index contributed by atoms with van der Waals surface area (Å²) < 4.78 is 5.25. The van der Waals surface area contributed by atoms with E-state index in [0.717, 1.165) is 19.3 Å². The summed E-state index contributed by atoms with van der Waals surface area (Å²) in [6.45, 7) is 5.28. The molecule has 17 heavy (non-hydrogen) atoms. The first-order valence-corrected chi connectivity index (χ1v) is 5.93. The summed E-state index contributed by atoms with van der Waals surface area (Å²) in [5.41, 5.74) is 4.98. The molecule has 0 aromatic heterocycles. The molecule has 0 aromatic carbocycles. The third-order valence-corrected chi connectivity index (χ3v) is 3.01. The van der Waals surface area contributed by atoms with Gasteiger partial charge in [-0.15, -0.1) is 0 Å². The summed E-state index contributed by atoms with van der Waals surface area (Å²) in [6.07, 6.45) is 2.73. The van der Waals surface area contributed by atoms with Gasteiger partial charge < -0.3 is 15.6 Å². The van der Waals surface area contributed by atoms with E-state index < -0.39 is 29.5 Å². The second kappa shape index (κ2) is 5.04. The summed E-state index contributed by atoms with van der Waals surface area (Å²) >= 11 is 0. The van der Waals surface area contributed by atoms with Crippen LogP contribution in [0.2, 0.25) is 0 Å². The Labute approximate surface area is 101 Å². The van der Waals surface area contributed by atoms with Gasteiger partial charge in [0.15, 0.2) is 0 Å². The van der Waals surface area contributed by atoms with E-state index >= 15 is 0 Å². The maximum absolute atomic E-state index is 12.0. The Morgan fingerprint density at radius 3 is 2.18 bits per heavy atom. The monoisotopic (exact) mass is 243 g/mol. The molecular formula is C12H21NO4. The van der Waals surface area contributed by atoms with E-state index in [0.29, 0.717) is 0 Å². The molecule has 0 saturated heterocycles. The SMILES string of the molecule is CC(C)(C)OC(=O)C(C1CCC1)C(N)C(=O)O. The first-order chi connectivity index (χ1) is 7.72. The predicted octanol–water partition coefficient (Wildman–Crippen LogP) is 1.16. The highest BCUT2D eigenvalue weighted by Gasteiger charge is 2.42. The van der Waals surface area contributed by atoms with Crippen molar-refractivity contribution in [1.29, 1.82) is 0 Å². The lowest BCUT2D eigenvalue weighted by molar-refractivity contribution is -0.167. The molecule has 3 N–H and O–H groups in total. The zero-order chi connectivity index (χ0) is 13.2. The fraction of sp³-hybridized carbons (Fsp3) is 0.833. The molecule has 98 valence electrons. The van der Waals surface area contributed by atoms with Crippen LogP contribution in [-0.4, -0.2) is 28.7 Å². The second-order valence-electron chi connectivity index (χ2n) is 5.61. The fourth-order valence-corrected chi connectivity index (χ4v) is 1.95. The van der Waals surface area contributed by atoms with Crippen molar-refractivity contribution in [3.8, 4) is 0 Å². The molecule has 5 heteroatoms. The van der Waals surface area contributed by atoms with Crippen LogP contribution in [0.15, 0.2) is 0 Å². The average Bonchev–Trinajstić information content (AvgIpc) is 2.06. The minimum absolute atomic E-state index is 0.0518. The fourth-order valence-electron chi connectivity index (χ4n) is 1.95. The Bertz CT molecular complexity index is 304. The molecule has 0 spiro atoms. The minimum Gasteiger partial charge on any atom is -0.480 e. The van der Waals surface area contributed by atoms with Gasteiger partial charge in [-0.05, 0) is 39.5 Å². The van der Waals surface area contributed by atoms with Gasteiger partial charge in [0.25, 0.3) is 0 Å². The standard InChI is InChI=1S/C12H21NO4/c1-12(2,3)17-11(16)8(7-5-4-6-7)9(13)10(14)15/h7-9H,4-6,13H2,1-3H3,(H,14,15). The Kier molecular flexibility index (Phi) is 4.14. The van der Waals surface area contributed by atoms with Crippen LogP contribution >= 0.6 is 0 Å². The second-order valence-corrected chi connectivity index (χ2v) is 5.61. The molecule has 1 rings (SSSR count). The Morgan fingerprint density at radius 2 is 1.88 bits per heavy atom. The van der Waals surface area contributed by atoms with E-state index in [1.807, 2.05) is 0 Å². The lowest BCUT2D eigenvalue weighted by Crippen LogP contribution is -2.49. The number of esters is 1. The topological polar surface area (TPSA) is 89.6 Å². The molecule has 2 atom stereocenters. The van der Waals surface area contributed by atoms with Gasteiger partial charge in [0.05, 0.1) is 5.92 Å². The normalized spacial score (nSPS) is 20.2. The third-order valence-electron chi connectivity index (χ3n) is 3.01. The van der Waals surface area contributed by atoms with E-state index in [4.69, 9.17) is 15.6 Å². The molecule has 0 aliphatic heterocycles. The molecular weight excluding hydrogens is 222 g/mol. The van der Waals surface area contributed by atoms with Crippen molar-refractivity contribution in [3.05, 3.63) is 0 Å². The molecule has 0 bridgehead atoms. The van der Waals surface area contributed by atoms with Gasteiger partial charge >= 0.3 is 11.9 Å². The van der Waals surface area contributed by atoms with Gasteiger partial charge in [0, 0.05) is 0 Å². The lowest BCUT2D eigenvalue weighted by Gasteiger charge is -2.35. The molecule has 0 heterocycles. The van der Waals surface area contributed by atoms with Crippen molar-refractivity contribution < 1.29 is 19.4 Å². The Morgan fingerprint density at radius 1 is 1.35 bits per heavy atom. The molecule has 5 nitrogen and oxygen atoms in total. The Hall–Kier alpha value is -1.10. The average molecular weight is 243 g/mol. The quantitative estimate of drug-likeness (QED) is 0.723. The van der Waals surface area contributed by atoms with Crippen LogP contribution in [0.25, 0.3) is 0 Å². The van der Waals surface area contributed by atoms with Crippen molar-refractivity contribution in [2.75, 3.05) is 0 Å². The van der Waals surface area contributed by atoms with Gasteiger partial charge in [0.2, 0.25) is 0 Å². The van der Waals surface area contributed by atoms with Gasteiger partial charge in [-0.3, -0.25) is 9.59 Å². The number of carboxylic acid groups (broad SMARTS) is 1. The van der Waals surface area contributed by atoms with Crippen LogP contribution in [0.5, 0.6) is 0 Å². The van der Waals surface area contributed by atoms with Crippen molar-refractivity contribution in [2.45, 2.75) is 51.7 Å². The summed E-state index contributed by atoms with van der Waals surface area (Å²) in [7, 11) is 0. The van der Waals surface area contributed by atoms with Crippen LogP contribution in [0.3, 0.4) is 0 Å². The largest absolute Gasteiger partial charge is 0.480 e. The molecule has 2 unspecified atom stereocenters. The first kappa shape index (κ1) is 14.0. The molecule has 1 aliphatic carbocycles. The van der Waals surface area contributed by atoms with Crippen LogP contribution < -0.4 is 5.73 Å². The molecule has 0 aromatic rings. The van der Waals surface area contributed by atoms with Crippen LogP contribution in [0.4, 0.5) is 0 Å². The van der Waals surface area contributed by atoms with Gasteiger partial charge in [-0.2, -0.15) is 0 Å². The number of carbonyl (C=O) groups excluding carboxylic acids is 1. The van der Waals surface area contributed by atoms with Crippen molar-refractivity contribution in [2.24, 2.45) is 17.6 Å². The van der Waals surface area contributed by atoms with E-state index in [1.165, 1.54) is 0 Å². The van der Waals surface area contributed by atoms with Crippen LogP contribution in [0.1, 0.15) is 40.0 Å². The van der Waals surface area contributed by atoms with Crippen molar-refractivity contribution in [3.63, 3.8) is 0 Å². The van der Waals surface area contributed by atoms with Gasteiger partial charge in [0.1, 0.15) is 11.6 Å². The highest BCUT2D eigenvalue weighted by molar-refractivity contribution is 5.84. The zero-order valence-corrected chi connectivity index (χ0v) is 10.6. The lowest BCUT2D eigenvalue weighted by atomic mass is 9.73. The maximum Gasteiger partial charge on any atom is 0.321 e. The van der Waals surface area contributed by atoms with Gasteiger partial charge in [-0.1, -0.05) is 6.42 Å². The van der Waals surface area contributed by atoms with Crippen LogP contribution in [-0.2, 0) is 14.3 Å². The molecule has 0 amide bonds. The summed E-state index contributed by atoms with van der Waals surface area (Å²) in [5.74, 6) is -2.30. The number of nitrogens with two attached hydrogens (primary N) is 1. The molecule has 1 aliphatic rings. The number of hydrogen-bond acceptors (Lipinski definition) is 4. The predicted molar refractivity (Wildman–Crippen MR) is 62.3 cm³/mol. The number of ether oxygens (including phenoxy) is 1. The highest BCUT2D eigenvalue weighted by atomic mass is 16.6. The zero-order valence-electron chi connectivity index (χ0n) is 10.6. The van der Waals surface area contributed by atoms with E-state index in [-0.39, 0.29) is 5.92 Å². The number of rotatable bonds is 4.